The molecule has 3 N–H and O–H groups in total. The van der Waals surface area contributed by atoms with Gasteiger partial charge >= 0.3 is 0 Å². The SMILES string of the molecule is CC(O)C(C(O)CCO)C1CCCCC1. The van der Waals surface area contributed by atoms with Crippen molar-refractivity contribution in [2.75, 3.05) is 6.61 Å². The van der Waals surface area contributed by atoms with E-state index in [9.17, 15) is 10.2 Å². The first-order chi connectivity index (χ1) is 7.16. The lowest BCUT2D eigenvalue weighted by molar-refractivity contribution is -0.0292. The third-order valence-corrected chi connectivity index (χ3v) is 3.62. The van der Waals surface area contributed by atoms with Crippen LogP contribution in [0.15, 0.2) is 0 Å². The third-order valence-electron chi connectivity index (χ3n) is 3.62. The predicted molar refractivity (Wildman–Crippen MR) is 59.5 cm³/mol. The first kappa shape index (κ1) is 12.9. The summed E-state index contributed by atoms with van der Waals surface area (Å²) in [5.41, 5.74) is 0. The second-order valence-corrected chi connectivity index (χ2v) is 4.80. The van der Waals surface area contributed by atoms with E-state index in [1.54, 1.807) is 6.92 Å². The average Bonchev–Trinajstić information content (AvgIpc) is 2.19. The summed E-state index contributed by atoms with van der Waals surface area (Å²) < 4.78 is 0. The van der Waals surface area contributed by atoms with Crippen molar-refractivity contribution in [3.8, 4) is 0 Å². The van der Waals surface area contributed by atoms with Gasteiger partial charge in [-0.1, -0.05) is 19.3 Å². The molecule has 0 bridgehead atoms. The van der Waals surface area contributed by atoms with Crippen molar-refractivity contribution in [1.29, 1.82) is 0 Å². The molecule has 0 aromatic heterocycles. The maximum absolute atomic E-state index is 9.91. The van der Waals surface area contributed by atoms with Gasteiger partial charge in [-0.2, -0.15) is 0 Å². The van der Waals surface area contributed by atoms with Gasteiger partial charge in [0.1, 0.15) is 0 Å². The van der Waals surface area contributed by atoms with Crippen LogP contribution in [-0.4, -0.2) is 34.1 Å². The van der Waals surface area contributed by atoms with Crippen molar-refractivity contribution in [2.24, 2.45) is 11.8 Å². The lowest BCUT2D eigenvalue weighted by atomic mass is 9.74. The zero-order valence-corrected chi connectivity index (χ0v) is 9.60. The van der Waals surface area contributed by atoms with E-state index in [1.165, 1.54) is 19.3 Å². The molecule has 0 aliphatic heterocycles. The van der Waals surface area contributed by atoms with Crippen LogP contribution in [0.4, 0.5) is 0 Å². The molecule has 1 rings (SSSR count). The van der Waals surface area contributed by atoms with Gasteiger partial charge in [-0.15, -0.1) is 0 Å². The number of aliphatic hydroxyl groups is 3. The minimum Gasteiger partial charge on any atom is -0.396 e. The fourth-order valence-corrected chi connectivity index (χ4v) is 2.87. The fourth-order valence-electron chi connectivity index (χ4n) is 2.87. The van der Waals surface area contributed by atoms with Crippen molar-refractivity contribution in [1.82, 2.24) is 0 Å². The Labute approximate surface area is 92.1 Å². The van der Waals surface area contributed by atoms with Crippen LogP contribution in [0.25, 0.3) is 0 Å². The normalized spacial score (nSPS) is 24.8. The maximum atomic E-state index is 9.91. The van der Waals surface area contributed by atoms with E-state index >= 15 is 0 Å². The molecule has 3 heteroatoms. The largest absolute Gasteiger partial charge is 0.396 e. The smallest absolute Gasteiger partial charge is 0.0617 e. The molecular weight excluding hydrogens is 192 g/mol. The molecule has 0 radical (unpaired) electrons. The van der Waals surface area contributed by atoms with Crippen LogP contribution in [0.2, 0.25) is 0 Å². The molecule has 15 heavy (non-hydrogen) atoms. The summed E-state index contributed by atoms with van der Waals surface area (Å²) in [4.78, 5) is 0. The van der Waals surface area contributed by atoms with Gasteiger partial charge in [-0.05, 0) is 32.1 Å². The second kappa shape index (κ2) is 6.46. The van der Waals surface area contributed by atoms with Crippen LogP contribution in [0.3, 0.4) is 0 Å². The molecule has 3 atom stereocenters. The minimum atomic E-state index is -0.557. The first-order valence-corrected chi connectivity index (χ1v) is 6.13. The van der Waals surface area contributed by atoms with Crippen LogP contribution in [0.1, 0.15) is 45.4 Å². The van der Waals surface area contributed by atoms with Crippen LogP contribution < -0.4 is 0 Å². The number of hydrogen-bond donors (Lipinski definition) is 3. The van der Waals surface area contributed by atoms with E-state index in [0.29, 0.717) is 12.3 Å². The average molecular weight is 216 g/mol. The van der Waals surface area contributed by atoms with Crippen LogP contribution in [0.5, 0.6) is 0 Å². The van der Waals surface area contributed by atoms with Gasteiger partial charge in [0.2, 0.25) is 0 Å². The molecule has 0 aromatic rings. The van der Waals surface area contributed by atoms with Gasteiger partial charge in [0.25, 0.3) is 0 Å². The molecule has 0 amide bonds. The standard InChI is InChI=1S/C12H24O3/c1-9(14)12(11(15)7-8-13)10-5-3-2-4-6-10/h9-15H,2-8H2,1H3. The molecule has 0 saturated heterocycles. The fraction of sp³-hybridized carbons (Fsp3) is 1.00. The zero-order valence-electron chi connectivity index (χ0n) is 9.60. The Kier molecular flexibility index (Phi) is 5.58. The van der Waals surface area contributed by atoms with E-state index in [1.807, 2.05) is 0 Å². The van der Waals surface area contributed by atoms with Crippen molar-refractivity contribution in [3.63, 3.8) is 0 Å². The van der Waals surface area contributed by atoms with Crippen LogP contribution in [-0.2, 0) is 0 Å². The predicted octanol–water partition coefficient (Wildman–Crippen LogP) is 1.31. The minimum absolute atomic E-state index is 0.00287. The molecule has 1 saturated carbocycles. The number of hydrogen-bond acceptors (Lipinski definition) is 3. The van der Waals surface area contributed by atoms with Gasteiger partial charge in [0, 0.05) is 12.5 Å². The molecule has 90 valence electrons. The van der Waals surface area contributed by atoms with Crippen molar-refractivity contribution < 1.29 is 15.3 Å². The highest BCUT2D eigenvalue weighted by Crippen LogP contribution is 2.34. The van der Waals surface area contributed by atoms with Crippen molar-refractivity contribution in [3.05, 3.63) is 0 Å². The summed E-state index contributed by atoms with van der Waals surface area (Å²) >= 11 is 0. The molecule has 0 heterocycles. The van der Waals surface area contributed by atoms with Gasteiger partial charge in [0.05, 0.1) is 12.2 Å². The Morgan fingerprint density at radius 1 is 1.13 bits per heavy atom. The van der Waals surface area contributed by atoms with Gasteiger partial charge in [-0.3, -0.25) is 0 Å². The van der Waals surface area contributed by atoms with Gasteiger partial charge in [-0.25, -0.2) is 0 Å². The van der Waals surface area contributed by atoms with Crippen LogP contribution >= 0.6 is 0 Å². The highest BCUT2D eigenvalue weighted by molar-refractivity contribution is 4.82. The molecule has 0 spiro atoms. The number of aliphatic hydroxyl groups excluding tert-OH is 3. The Balaban J connectivity index is 2.54. The summed E-state index contributed by atoms with van der Waals surface area (Å²) in [6.07, 6.45) is 5.26. The monoisotopic (exact) mass is 216 g/mol. The Morgan fingerprint density at radius 3 is 2.20 bits per heavy atom. The van der Waals surface area contributed by atoms with Crippen LogP contribution in [0, 0.1) is 11.8 Å². The Morgan fingerprint density at radius 2 is 1.73 bits per heavy atom. The van der Waals surface area contributed by atoms with E-state index in [4.69, 9.17) is 5.11 Å². The van der Waals surface area contributed by atoms with E-state index in [0.717, 1.165) is 12.8 Å². The molecule has 1 fully saturated rings. The Hall–Kier alpha value is -0.120. The lowest BCUT2D eigenvalue weighted by Crippen LogP contribution is -2.37. The van der Waals surface area contributed by atoms with Crippen molar-refractivity contribution >= 4 is 0 Å². The third kappa shape index (κ3) is 3.74. The van der Waals surface area contributed by atoms with Crippen molar-refractivity contribution in [2.45, 2.75) is 57.7 Å². The highest BCUT2D eigenvalue weighted by atomic mass is 16.3. The maximum Gasteiger partial charge on any atom is 0.0617 e. The quantitative estimate of drug-likeness (QED) is 0.649. The summed E-state index contributed by atoms with van der Waals surface area (Å²) in [6, 6.07) is 0. The van der Waals surface area contributed by atoms with Gasteiger partial charge in [0.15, 0.2) is 0 Å². The summed E-state index contributed by atoms with van der Waals surface area (Å²) in [6.45, 7) is 1.75. The topological polar surface area (TPSA) is 60.7 Å². The second-order valence-electron chi connectivity index (χ2n) is 4.80. The lowest BCUT2D eigenvalue weighted by Gasteiger charge is -2.35. The molecule has 3 nitrogen and oxygen atoms in total. The highest BCUT2D eigenvalue weighted by Gasteiger charge is 2.32. The van der Waals surface area contributed by atoms with Gasteiger partial charge < -0.3 is 15.3 Å². The molecule has 0 aromatic carbocycles. The zero-order chi connectivity index (χ0) is 11.3. The first-order valence-electron chi connectivity index (χ1n) is 6.13. The number of rotatable bonds is 5. The summed E-state index contributed by atoms with van der Waals surface area (Å²) in [5.74, 6) is 0.373. The molecule has 1 aliphatic carbocycles. The van der Waals surface area contributed by atoms with E-state index < -0.39 is 12.2 Å². The Bertz CT molecular complexity index is 164. The summed E-state index contributed by atoms with van der Waals surface area (Å²) in [7, 11) is 0. The van der Waals surface area contributed by atoms with E-state index in [-0.39, 0.29) is 12.5 Å². The molecule has 3 unspecified atom stereocenters. The summed E-state index contributed by atoms with van der Waals surface area (Å²) in [5, 5.41) is 28.5. The molecular formula is C12H24O3. The molecule has 1 aliphatic rings. The van der Waals surface area contributed by atoms with E-state index in [2.05, 4.69) is 0 Å².